The highest BCUT2D eigenvalue weighted by molar-refractivity contribution is 5.39. The van der Waals surface area contributed by atoms with Gasteiger partial charge in [0.25, 0.3) is 0 Å². The SMILES string of the molecule is CCNCCc1c(C)nn(-c2cc(F)c(F)cc2F)c1C. The molecule has 0 radical (unpaired) electrons. The van der Waals surface area contributed by atoms with Gasteiger partial charge in [-0.3, -0.25) is 0 Å². The Kier molecular flexibility index (Phi) is 4.67. The van der Waals surface area contributed by atoms with Gasteiger partial charge in [-0.25, -0.2) is 17.9 Å². The minimum Gasteiger partial charge on any atom is -0.317 e. The predicted molar refractivity (Wildman–Crippen MR) is 75.2 cm³/mol. The van der Waals surface area contributed by atoms with Crippen LogP contribution in [0.4, 0.5) is 13.2 Å². The molecular formula is C15H18F3N3. The molecule has 0 bridgehead atoms. The third-order valence-electron chi connectivity index (χ3n) is 3.46. The zero-order chi connectivity index (χ0) is 15.6. The Hall–Kier alpha value is -1.82. The van der Waals surface area contributed by atoms with Crippen LogP contribution in [-0.4, -0.2) is 22.9 Å². The summed E-state index contributed by atoms with van der Waals surface area (Å²) in [4.78, 5) is 0. The molecule has 0 amide bonds. The summed E-state index contributed by atoms with van der Waals surface area (Å²) < 4.78 is 41.5. The summed E-state index contributed by atoms with van der Waals surface area (Å²) >= 11 is 0. The lowest BCUT2D eigenvalue weighted by molar-refractivity contribution is 0.491. The highest BCUT2D eigenvalue weighted by Crippen LogP contribution is 2.22. The molecule has 1 heterocycles. The van der Waals surface area contributed by atoms with Crippen molar-refractivity contribution in [2.75, 3.05) is 13.1 Å². The second kappa shape index (κ2) is 6.30. The molecule has 0 aliphatic rings. The van der Waals surface area contributed by atoms with Crippen LogP contribution in [0.1, 0.15) is 23.9 Å². The highest BCUT2D eigenvalue weighted by Gasteiger charge is 2.17. The third kappa shape index (κ3) is 3.10. The van der Waals surface area contributed by atoms with Crippen molar-refractivity contribution in [3.8, 4) is 5.69 Å². The molecule has 0 aliphatic heterocycles. The van der Waals surface area contributed by atoms with Crippen LogP contribution in [0.15, 0.2) is 12.1 Å². The van der Waals surface area contributed by atoms with Crippen molar-refractivity contribution >= 4 is 0 Å². The van der Waals surface area contributed by atoms with Gasteiger partial charge >= 0.3 is 0 Å². The van der Waals surface area contributed by atoms with Gasteiger partial charge < -0.3 is 5.32 Å². The molecule has 1 N–H and O–H groups in total. The number of nitrogens with zero attached hydrogens (tertiary/aromatic N) is 2. The summed E-state index contributed by atoms with van der Waals surface area (Å²) in [5.74, 6) is -3.13. The van der Waals surface area contributed by atoms with Crippen LogP contribution in [0.2, 0.25) is 0 Å². The van der Waals surface area contributed by atoms with E-state index in [0.29, 0.717) is 6.07 Å². The lowest BCUT2D eigenvalue weighted by Gasteiger charge is -2.08. The van der Waals surface area contributed by atoms with Crippen molar-refractivity contribution < 1.29 is 13.2 Å². The maximum atomic E-state index is 13.9. The minimum absolute atomic E-state index is 0.0794. The number of aryl methyl sites for hydroxylation is 1. The van der Waals surface area contributed by atoms with E-state index in [-0.39, 0.29) is 5.69 Å². The molecule has 0 aliphatic carbocycles. The summed E-state index contributed by atoms with van der Waals surface area (Å²) in [6.07, 6.45) is 0.747. The molecule has 0 saturated carbocycles. The molecule has 1 aromatic carbocycles. The first-order valence-electron chi connectivity index (χ1n) is 6.86. The Morgan fingerprint density at radius 1 is 1.10 bits per heavy atom. The molecule has 3 nitrogen and oxygen atoms in total. The first-order valence-corrected chi connectivity index (χ1v) is 6.86. The van der Waals surface area contributed by atoms with Gasteiger partial charge in [-0.05, 0) is 38.9 Å². The van der Waals surface area contributed by atoms with Crippen molar-refractivity contribution in [1.82, 2.24) is 15.1 Å². The number of likely N-dealkylation sites (N-methyl/N-ethyl adjacent to an activating group) is 1. The first kappa shape index (κ1) is 15.6. The molecule has 21 heavy (non-hydrogen) atoms. The van der Waals surface area contributed by atoms with Gasteiger partial charge in [0.15, 0.2) is 17.5 Å². The van der Waals surface area contributed by atoms with Crippen molar-refractivity contribution in [2.45, 2.75) is 27.2 Å². The van der Waals surface area contributed by atoms with Crippen molar-refractivity contribution in [3.63, 3.8) is 0 Å². The third-order valence-corrected chi connectivity index (χ3v) is 3.46. The van der Waals surface area contributed by atoms with Crippen LogP contribution in [0, 0.1) is 31.3 Å². The molecule has 1 aromatic heterocycles. The summed E-state index contributed by atoms with van der Waals surface area (Å²) in [6, 6.07) is 1.37. The van der Waals surface area contributed by atoms with Crippen LogP contribution < -0.4 is 5.32 Å². The summed E-state index contributed by atoms with van der Waals surface area (Å²) in [7, 11) is 0. The topological polar surface area (TPSA) is 29.9 Å². The second-order valence-electron chi connectivity index (χ2n) is 4.88. The standard InChI is InChI=1S/C15H18F3N3/c1-4-19-6-5-11-9(2)20-21(10(11)3)15-8-13(17)12(16)7-14(15)18/h7-8,19H,4-6H2,1-3H3. The Bertz CT molecular complexity index is 650. The summed E-state index contributed by atoms with van der Waals surface area (Å²) in [5, 5.41) is 7.46. The molecule has 0 atom stereocenters. The molecule has 0 spiro atoms. The normalized spacial score (nSPS) is 11.1. The summed E-state index contributed by atoms with van der Waals surface area (Å²) in [5.41, 5.74) is 2.40. The molecule has 0 unspecified atom stereocenters. The molecular weight excluding hydrogens is 279 g/mol. The molecule has 2 aromatic rings. The van der Waals surface area contributed by atoms with Crippen molar-refractivity contribution in [1.29, 1.82) is 0 Å². The fourth-order valence-corrected chi connectivity index (χ4v) is 2.34. The Morgan fingerprint density at radius 3 is 2.43 bits per heavy atom. The molecule has 0 fully saturated rings. The van der Waals surface area contributed by atoms with Crippen LogP contribution >= 0.6 is 0 Å². The van der Waals surface area contributed by atoms with Crippen LogP contribution in [-0.2, 0) is 6.42 Å². The maximum Gasteiger partial charge on any atom is 0.161 e. The van der Waals surface area contributed by atoms with Gasteiger partial charge in [-0.2, -0.15) is 5.10 Å². The number of halogens is 3. The van der Waals surface area contributed by atoms with Crippen LogP contribution in [0.3, 0.4) is 0 Å². The number of hydrogen-bond acceptors (Lipinski definition) is 2. The van der Waals surface area contributed by atoms with E-state index in [1.165, 1.54) is 4.68 Å². The molecule has 0 saturated heterocycles. The van der Waals surface area contributed by atoms with E-state index in [1.807, 2.05) is 13.8 Å². The van der Waals surface area contributed by atoms with E-state index in [1.54, 1.807) is 6.92 Å². The van der Waals surface area contributed by atoms with Crippen LogP contribution in [0.5, 0.6) is 0 Å². The number of nitrogens with one attached hydrogen (secondary N) is 1. The fraction of sp³-hybridized carbons (Fsp3) is 0.400. The van der Waals surface area contributed by atoms with Gasteiger partial charge in [0.1, 0.15) is 5.69 Å². The Labute approximate surface area is 121 Å². The van der Waals surface area contributed by atoms with Gasteiger partial charge in [0.2, 0.25) is 0 Å². The molecule has 114 valence electrons. The largest absolute Gasteiger partial charge is 0.317 e. The maximum absolute atomic E-state index is 13.9. The van der Waals surface area contributed by atoms with Crippen LogP contribution in [0.25, 0.3) is 5.69 Å². The van der Waals surface area contributed by atoms with Crippen molar-refractivity contribution in [3.05, 3.63) is 46.5 Å². The van der Waals surface area contributed by atoms with Crippen molar-refractivity contribution in [2.24, 2.45) is 0 Å². The summed E-state index contributed by atoms with van der Waals surface area (Å²) in [6.45, 7) is 7.28. The first-order chi connectivity index (χ1) is 9.95. The van der Waals surface area contributed by atoms with Gasteiger partial charge in [0.05, 0.1) is 5.69 Å². The average molecular weight is 297 g/mol. The molecule has 2 rings (SSSR count). The van der Waals surface area contributed by atoms with E-state index < -0.39 is 17.5 Å². The lowest BCUT2D eigenvalue weighted by atomic mass is 10.1. The van der Waals surface area contributed by atoms with E-state index >= 15 is 0 Å². The number of aromatic nitrogens is 2. The van der Waals surface area contributed by atoms with E-state index in [2.05, 4.69) is 10.4 Å². The number of rotatable bonds is 5. The lowest BCUT2D eigenvalue weighted by Crippen LogP contribution is -2.16. The quantitative estimate of drug-likeness (QED) is 0.679. The highest BCUT2D eigenvalue weighted by atomic mass is 19.2. The second-order valence-corrected chi connectivity index (χ2v) is 4.88. The Morgan fingerprint density at radius 2 is 1.76 bits per heavy atom. The number of hydrogen-bond donors (Lipinski definition) is 1. The fourth-order valence-electron chi connectivity index (χ4n) is 2.34. The van der Waals surface area contributed by atoms with Gasteiger partial charge in [-0.1, -0.05) is 6.92 Å². The van der Waals surface area contributed by atoms with E-state index in [9.17, 15) is 13.2 Å². The smallest absolute Gasteiger partial charge is 0.161 e. The van der Waals surface area contributed by atoms with Gasteiger partial charge in [-0.15, -0.1) is 0 Å². The zero-order valence-corrected chi connectivity index (χ0v) is 12.3. The number of benzene rings is 1. The predicted octanol–water partition coefficient (Wildman–Crippen LogP) is 3.06. The average Bonchev–Trinajstić information content (AvgIpc) is 2.71. The Balaban J connectivity index is 2.41. The monoisotopic (exact) mass is 297 g/mol. The minimum atomic E-state index is -1.20. The van der Waals surface area contributed by atoms with Gasteiger partial charge in [0, 0.05) is 17.8 Å². The zero-order valence-electron chi connectivity index (χ0n) is 12.3. The van der Waals surface area contributed by atoms with E-state index in [4.69, 9.17) is 0 Å². The molecule has 6 heteroatoms. The van der Waals surface area contributed by atoms with E-state index in [0.717, 1.165) is 42.5 Å².